The molecule has 6 heteroatoms. The van der Waals surface area contributed by atoms with Crippen molar-refractivity contribution in [2.24, 2.45) is 0 Å². The molecule has 0 unspecified atom stereocenters. The maximum absolute atomic E-state index is 5.84. The largest absolute Gasteiger partial charge is 0.489 e. The van der Waals surface area contributed by atoms with Gasteiger partial charge in [0.2, 0.25) is 5.13 Å². The van der Waals surface area contributed by atoms with E-state index in [-0.39, 0.29) is 0 Å². The number of nitrogens with zero attached hydrogens (tertiary/aromatic N) is 2. The fourth-order valence-electron chi connectivity index (χ4n) is 2.90. The molecule has 5 nitrogen and oxygen atoms in total. The number of benzene rings is 2. The molecule has 4 rings (SSSR count). The minimum atomic E-state index is 0.501. The summed E-state index contributed by atoms with van der Waals surface area (Å²) in [7, 11) is 0. The van der Waals surface area contributed by atoms with Crippen LogP contribution < -0.4 is 15.8 Å². The van der Waals surface area contributed by atoms with Crippen molar-refractivity contribution >= 4 is 16.5 Å². The Kier molecular flexibility index (Phi) is 4.63. The highest BCUT2D eigenvalue weighted by Gasteiger charge is 2.37. The molecule has 0 spiro atoms. The molecule has 1 fully saturated rings. The van der Waals surface area contributed by atoms with Gasteiger partial charge >= 0.3 is 0 Å². The zero-order valence-electron chi connectivity index (χ0n) is 13.8. The molecular weight excluding hydrogens is 332 g/mol. The Hall–Kier alpha value is -2.44. The van der Waals surface area contributed by atoms with E-state index in [1.54, 1.807) is 0 Å². The molecule has 128 valence electrons. The molecule has 1 aliphatic carbocycles. The van der Waals surface area contributed by atoms with Crippen LogP contribution in [0.3, 0.4) is 0 Å². The third kappa shape index (κ3) is 4.15. The van der Waals surface area contributed by atoms with Gasteiger partial charge in [0.05, 0.1) is 6.54 Å². The second kappa shape index (κ2) is 7.21. The summed E-state index contributed by atoms with van der Waals surface area (Å²) in [4.78, 5) is 0. The number of rotatable bonds is 7. The Labute approximate surface area is 150 Å². The molecule has 3 N–H and O–H groups in total. The molecule has 2 atom stereocenters. The van der Waals surface area contributed by atoms with Crippen LogP contribution in [-0.4, -0.2) is 16.2 Å². The van der Waals surface area contributed by atoms with Crippen LogP contribution in [0, 0.1) is 0 Å². The number of nitrogen functional groups attached to an aromatic ring is 1. The molecule has 25 heavy (non-hydrogen) atoms. The topological polar surface area (TPSA) is 73.1 Å². The van der Waals surface area contributed by atoms with Crippen LogP contribution in [0.25, 0.3) is 0 Å². The van der Waals surface area contributed by atoms with Crippen molar-refractivity contribution in [1.82, 2.24) is 15.5 Å². The summed E-state index contributed by atoms with van der Waals surface area (Å²) in [5.74, 6) is 1.47. The quantitative estimate of drug-likeness (QED) is 0.682. The van der Waals surface area contributed by atoms with E-state index in [9.17, 15) is 0 Å². The lowest BCUT2D eigenvalue weighted by Gasteiger charge is -2.07. The van der Waals surface area contributed by atoms with Crippen molar-refractivity contribution in [3.63, 3.8) is 0 Å². The van der Waals surface area contributed by atoms with E-state index in [2.05, 4.69) is 51.9 Å². The van der Waals surface area contributed by atoms with Crippen LogP contribution in [0.4, 0.5) is 5.13 Å². The first-order valence-electron chi connectivity index (χ1n) is 8.36. The van der Waals surface area contributed by atoms with Crippen LogP contribution in [0.1, 0.15) is 28.5 Å². The molecule has 3 aromatic rings. The Morgan fingerprint density at radius 1 is 1.08 bits per heavy atom. The van der Waals surface area contributed by atoms with Crippen molar-refractivity contribution in [3.8, 4) is 5.75 Å². The van der Waals surface area contributed by atoms with Crippen molar-refractivity contribution < 1.29 is 4.74 Å². The number of nitrogens with two attached hydrogens (primary N) is 1. The van der Waals surface area contributed by atoms with Crippen molar-refractivity contribution in [2.75, 3.05) is 5.73 Å². The van der Waals surface area contributed by atoms with E-state index in [4.69, 9.17) is 10.5 Å². The zero-order chi connectivity index (χ0) is 17.1. The van der Waals surface area contributed by atoms with Crippen LogP contribution in [-0.2, 0) is 13.2 Å². The summed E-state index contributed by atoms with van der Waals surface area (Å²) in [5.41, 5.74) is 8.12. The molecule has 0 aliphatic heterocycles. The van der Waals surface area contributed by atoms with Gasteiger partial charge in [-0.2, -0.15) is 0 Å². The molecule has 1 heterocycles. The van der Waals surface area contributed by atoms with Gasteiger partial charge in [-0.1, -0.05) is 53.8 Å². The normalized spacial score (nSPS) is 18.9. The highest BCUT2D eigenvalue weighted by atomic mass is 32.1. The van der Waals surface area contributed by atoms with Gasteiger partial charge in [-0.15, -0.1) is 10.2 Å². The second-order valence-corrected chi connectivity index (χ2v) is 7.30. The van der Waals surface area contributed by atoms with Gasteiger partial charge in [0.15, 0.2) is 0 Å². The summed E-state index contributed by atoms with van der Waals surface area (Å²) in [6, 6.07) is 19.1. The van der Waals surface area contributed by atoms with Crippen molar-refractivity contribution in [3.05, 3.63) is 70.7 Å². The summed E-state index contributed by atoms with van der Waals surface area (Å²) in [6.45, 7) is 1.33. The number of nitrogens with one attached hydrogen (secondary N) is 1. The molecule has 0 saturated heterocycles. The number of ether oxygens (including phenoxy) is 1. The Balaban J connectivity index is 1.26. The van der Waals surface area contributed by atoms with E-state index in [0.29, 0.717) is 23.7 Å². The number of hydrogen-bond donors (Lipinski definition) is 2. The SMILES string of the molecule is Nc1nnc(CN[C@@H]2C[C@H]2c2ccc(OCc3ccccc3)cc2)s1. The first-order chi connectivity index (χ1) is 12.3. The third-order valence-electron chi connectivity index (χ3n) is 4.34. The summed E-state index contributed by atoms with van der Waals surface area (Å²) in [6.07, 6.45) is 1.15. The number of aromatic nitrogens is 2. The standard InChI is InChI=1S/C19H20N4OS/c20-19-23-22-18(25-19)11-21-17-10-16(17)14-6-8-15(9-7-14)24-12-13-4-2-1-3-5-13/h1-9,16-17,21H,10-12H2,(H2,20,23)/t16-,17+/m0/s1. The van der Waals surface area contributed by atoms with E-state index in [1.165, 1.54) is 22.5 Å². The van der Waals surface area contributed by atoms with Crippen LogP contribution >= 0.6 is 11.3 Å². The molecule has 1 aliphatic rings. The van der Waals surface area contributed by atoms with E-state index < -0.39 is 0 Å². The Morgan fingerprint density at radius 2 is 1.88 bits per heavy atom. The summed E-state index contributed by atoms with van der Waals surface area (Å²) in [5, 5.41) is 12.8. The average molecular weight is 352 g/mol. The molecule has 1 saturated carbocycles. The predicted molar refractivity (Wildman–Crippen MR) is 99.5 cm³/mol. The van der Waals surface area contributed by atoms with Crippen molar-refractivity contribution in [1.29, 1.82) is 0 Å². The first kappa shape index (κ1) is 16.1. The number of anilines is 1. The molecule has 0 amide bonds. The van der Waals surface area contributed by atoms with Gasteiger partial charge in [0, 0.05) is 12.0 Å². The lowest BCUT2D eigenvalue weighted by atomic mass is 10.1. The third-order valence-corrected chi connectivity index (χ3v) is 5.10. The second-order valence-electron chi connectivity index (χ2n) is 6.21. The lowest BCUT2D eigenvalue weighted by molar-refractivity contribution is 0.306. The summed E-state index contributed by atoms with van der Waals surface area (Å²) < 4.78 is 5.84. The van der Waals surface area contributed by atoms with Crippen LogP contribution in [0.5, 0.6) is 5.75 Å². The van der Waals surface area contributed by atoms with Gasteiger partial charge in [-0.05, 0) is 29.7 Å². The monoisotopic (exact) mass is 352 g/mol. The zero-order valence-corrected chi connectivity index (χ0v) is 14.6. The molecule has 0 radical (unpaired) electrons. The average Bonchev–Trinajstić information content (AvgIpc) is 3.32. The number of hydrogen-bond acceptors (Lipinski definition) is 6. The molecule has 0 bridgehead atoms. The van der Waals surface area contributed by atoms with E-state index >= 15 is 0 Å². The fourth-order valence-corrected chi connectivity index (χ4v) is 3.46. The fraction of sp³-hybridized carbons (Fsp3) is 0.263. The predicted octanol–water partition coefficient (Wildman–Crippen LogP) is 3.35. The van der Waals surface area contributed by atoms with Gasteiger partial charge in [-0.3, -0.25) is 0 Å². The maximum atomic E-state index is 5.84. The highest BCUT2D eigenvalue weighted by molar-refractivity contribution is 7.15. The first-order valence-corrected chi connectivity index (χ1v) is 9.17. The maximum Gasteiger partial charge on any atom is 0.203 e. The van der Waals surface area contributed by atoms with Gasteiger partial charge in [0.25, 0.3) is 0 Å². The molecule has 1 aromatic heterocycles. The molecular formula is C19H20N4OS. The Bertz CT molecular complexity index is 819. The minimum Gasteiger partial charge on any atom is -0.489 e. The minimum absolute atomic E-state index is 0.501. The lowest BCUT2D eigenvalue weighted by Crippen LogP contribution is -2.17. The Morgan fingerprint density at radius 3 is 2.60 bits per heavy atom. The van der Waals surface area contributed by atoms with Gasteiger partial charge in [-0.25, -0.2) is 0 Å². The van der Waals surface area contributed by atoms with Crippen LogP contribution in [0.2, 0.25) is 0 Å². The molecule has 2 aromatic carbocycles. The van der Waals surface area contributed by atoms with Gasteiger partial charge < -0.3 is 15.8 Å². The van der Waals surface area contributed by atoms with Gasteiger partial charge in [0.1, 0.15) is 17.4 Å². The van der Waals surface area contributed by atoms with E-state index in [1.807, 2.05) is 18.2 Å². The summed E-state index contributed by atoms with van der Waals surface area (Å²) >= 11 is 1.44. The smallest absolute Gasteiger partial charge is 0.203 e. The highest BCUT2D eigenvalue weighted by Crippen LogP contribution is 2.41. The van der Waals surface area contributed by atoms with Crippen molar-refractivity contribution in [2.45, 2.75) is 31.5 Å². The van der Waals surface area contributed by atoms with Crippen LogP contribution in [0.15, 0.2) is 54.6 Å². The van der Waals surface area contributed by atoms with E-state index in [0.717, 1.165) is 23.7 Å².